The molecule has 1 aromatic rings. The lowest BCUT2D eigenvalue weighted by molar-refractivity contribution is 0.0600. The quantitative estimate of drug-likeness (QED) is 0.769. The molecule has 104 valence electrons. The van der Waals surface area contributed by atoms with E-state index in [2.05, 4.69) is 20.7 Å². The number of benzene rings is 1. The zero-order chi connectivity index (χ0) is 13.7. The highest BCUT2D eigenvalue weighted by Gasteiger charge is 2.15. The van der Waals surface area contributed by atoms with E-state index in [1.807, 2.05) is 6.07 Å². The molecule has 0 aromatic heterocycles. The molecular formula is C15H19BrO3. The van der Waals surface area contributed by atoms with Crippen LogP contribution in [0.1, 0.15) is 41.6 Å². The summed E-state index contributed by atoms with van der Waals surface area (Å²) in [5.41, 5.74) is 1.61. The SMILES string of the molecule is COC(=O)c1ccc(COCC2CCCC2)c(Br)c1. The topological polar surface area (TPSA) is 35.5 Å². The van der Waals surface area contributed by atoms with Gasteiger partial charge in [0.25, 0.3) is 0 Å². The third-order valence-corrected chi connectivity index (χ3v) is 4.30. The maximum atomic E-state index is 11.4. The van der Waals surface area contributed by atoms with E-state index in [-0.39, 0.29) is 5.97 Å². The van der Waals surface area contributed by atoms with Crippen molar-refractivity contribution in [1.29, 1.82) is 0 Å². The Labute approximate surface area is 122 Å². The number of methoxy groups -OCH3 is 1. The van der Waals surface area contributed by atoms with Crippen LogP contribution >= 0.6 is 15.9 Å². The Kier molecular flexibility index (Phi) is 5.40. The molecule has 4 heteroatoms. The van der Waals surface area contributed by atoms with Crippen molar-refractivity contribution >= 4 is 21.9 Å². The zero-order valence-corrected chi connectivity index (χ0v) is 12.7. The molecule has 0 spiro atoms. The van der Waals surface area contributed by atoms with Gasteiger partial charge in [-0.05, 0) is 36.5 Å². The summed E-state index contributed by atoms with van der Waals surface area (Å²) in [6.07, 6.45) is 5.27. The Bertz CT molecular complexity index is 439. The Morgan fingerprint density at radius 3 is 2.74 bits per heavy atom. The predicted octanol–water partition coefficient (Wildman–Crippen LogP) is 3.94. The van der Waals surface area contributed by atoms with Gasteiger partial charge in [0, 0.05) is 11.1 Å². The van der Waals surface area contributed by atoms with E-state index in [0.717, 1.165) is 22.6 Å². The van der Waals surface area contributed by atoms with Crippen LogP contribution in [0.15, 0.2) is 22.7 Å². The van der Waals surface area contributed by atoms with Crippen molar-refractivity contribution in [1.82, 2.24) is 0 Å². The van der Waals surface area contributed by atoms with Gasteiger partial charge in [0.2, 0.25) is 0 Å². The molecule has 0 atom stereocenters. The van der Waals surface area contributed by atoms with Crippen LogP contribution in [-0.2, 0) is 16.1 Å². The van der Waals surface area contributed by atoms with Crippen LogP contribution < -0.4 is 0 Å². The van der Waals surface area contributed by atoms with Crippen molar-refractivity contribution in [3.63, 3.8) is 0 Å². The molecule has 0 saturated heterocycles. The van der Waals surface area contributed by atoms with Crippen LogP contribution in [0, 0.1) is 5.92 Å². The largest absolute Gasteiger partial charge is 0.465 e. The standard InChI is InChI=1S/C15H19BrO3/c1-18-15(17)12-6-7-13(14(16)8-12)10-19-9-11-4-2-3-5-11/h6-8,11H,2-5,9-10H2,1H3. The highest BCUT2D eigenvalue weighted by Crippen LogP contribution is 2.26. The van der Waals surface area contributed by atoms with E-state index in [0.29, 0.717) is 12.2 Å². The molecule has 1 aliphatic rings. The van der Waals surface area contributed by atoms with E-state index in [1.165, 1.54) is 32.8 Å². The van der Waals surface area contributed by atoms with Crippen LogP contribution in [0.2, 0.25) is 0 Å². The van der Waals surface area contributed by atoms with E-state index >= 15 is 0 Å². The first kappa shape index (κ1) is 14.5. The molecule has 1 aromatic carbocycles. The second kappa shape index (κ2) is 7.06. The van der Waals surface area contributed by atoms with Gasteiger partial charge in [-0.2, -0.15) is 0 Å². The number of hydrogen-bond acceptors (Lipinski definition) is 3. The molecule has 1 saturated carbocycles. The van der Waals surface area contributed by atoms with Gasteiger partial charge in [0.1, 0.15) is 0 Å². The highest BCUT2D eigenvalue weighted by atomic mass is 79.9. The Morgan fingerprint density at radius 1 is 1.37 bits per heavy atom. The van der Waals surface area contributed by atoms with E-state index < -0.39 is 0 Å². The number of rotatable bonds is 5. The van der Waals surface area contributed by atoms with E-state index in [4.69, 9.17) is 4.74 Å². The van der Waals surface area contributed by atoms with Gasteiger partial charge < -0.3 is 9.47 Å². The molecule has 0 radical (unpaired) electrons. The molecule has 1 aliphatic carbocycles. The van der Waals surface area contributed by atoms with Crippen molar-refractivity contribution in [3.8, 4) is 0 Å². The maximum Gasteiger partial charge on any atom is 0.337 e. The summed E-state index contributed by atoms with van der Waals surface area (Å²) >= 11 is 3.47. The van der Waals surface area contributed by atoms with Crippen molar-refractivity contribution in [2.24, 2.45) is 5.92 Å². The minimum atomic E-state index is -0.320. The fraction of sp³-hybridized carbons (Fsp3) is 0.533. The summed E-state index contributed by atoms with van der Waals surface area (Å²) in [4.78, 5) is 11.4. The average molecular weight is 327 g/mol. The van der Waals surface area contributed by atoms with Crippen molar-refractivity contribution in [2.45, 2.75) is 32.3 Å². The first-order valence-corrected chi connectivity index (χ1v) is 7.44. The molecule has 0 bridgehead atoms. The first-order chi connectivity index (χ1) is 9.20. The van der Waals surface area contributed by atoms with Gasteiger partial charge in [-0.25, -0.2) is 4.79 Å². The van der Waals surface area contributed by atoms with Gasteiger partial charge in [-0.3, -0.25) is 0 Å². The van der Waals surface area contributed by atoms with Crippen molar-refractivity contribution in [3.05, 3.63) is 33.8 Å². The third kappa shape index (κ3) is 4.05. The van der Waals surface area contributed by atoms with Gasteiger partial charge in [-0.15, -0.1) is 0 Å². The van der Waals surface area contributed by atoms with Gasteiger partial charge >= 0.3 is 5.97 Å². The number of carbonyl (C=O) groups excluding carboxylic acids is 1. The molecule has 3 nitrogen and oxygen atoms in total. The molecule has 0 heterocycles. The monoisotopic (exact) mass is 326 g/mol. The molecule has 0 aliphatic heterocycles. The van der Waals surface area contributed by atoms with Crippen molar-refractivity contribution in [2.75, 3.05) is 13.7 Å². The molecule has 0 N–H and O–H groups in total. The third-order valence-electron chi connectivity index (χ3n) is 3.56. The second-order valence-electron chi connectivity index (χ2n) is 4.96. The number of halogens is 1. The Morgan fingerprint density at radius 2 is 2.11 bits per heavy atom. The minimum Gasteiger partial charge on any atom is -0.465 e. The summed E-state index contributed by atoms with van der Waals surface area (Å²) in [6.45, 7) is 1.42. The average Bonchev–Trinajstić information content (AvgIpc) is 2.93. The number of hydrogen-bond donors (Lipinski definition) is 0. The summed E-state index contributed by atoms with van der Waals surface area (Å²) in [5.74, 6) is 0.409. The lowest BCUT2D eigenvalue weighted by atomic mass is 10.1. The van der Waals surface area contributed by atoms with E-state index in [1.54, 1.807) is 12.1 Å². The van der Waals surface area contributed by atoms with Crippen LogP contribution in [0.3, 0.4) is 0 Å². The molecule has 19 heavy (non-hydrogen) atoms. The molecule has 0 unspecified atom stereocenters. The van der Waals surface area contributed by atoms with Crippen LogP contribution in [0.5, 0.6) is 0 Å². The first-order valence-electron chi connectivity index (χ1n) is 6.65. The van der Waals surface area contributed by atoms with E-state index in [9.17, 15) is 4.79 Å². The van der Waals surface area contributed by atoms with Gasteiger partial charge in [0.05, 0.1) is 19.3 Å². The zero-order valence-electron chi connectivity index (χ0n) is 11.2. The number of ether oxygens (including phenoxy) is 2. The number of carbonyl (C=O) groups is 1. The van der Waals surface area contributed by atoms with Crippen LogP contribution in [0.25, 0.3) is 0 Å². The molecule has 1 fully saturated rings. The molecule has 0 amide bonds. The summed E-state index contributed by atoms with van der Waals surface area (Å²) in [6, 6.07) is 5.45. The highest BCUT2D eigenvalue weighted by molar-refractivity contribution is 9.10. The summed E-state index contributed by atoms with van der Waals surface area (Å²) < 4.78 is 11.3. The maximum absolute atomic E-state index is 11.4. The lowest BCUT2D eigenvalue weighted by Gasteiger charge is -2.11. The Balaban J connectivity index is 1.87. The van der Waals surface area contributed by atoms with Gasteiger partial charge in [0.15, 0.2) is 0 Å². The summed E-state index contributed by atoms with van der Waals surface area (Å²) in [7, 11) is 1.38. The minimum absolute atomic E-state index is 0.320. The fourth-order valence-electron chi connectivity index (χ4n) is 2.42. The van der Waals surface area contributed by atoms with Gasteiger partial charge in [-0.1, -0.05) is 34.8 Å². The van der Waals surface area contributed by atoms with Crippen LogP contribution in [-0.4, -0.2) is 19.7 Å². The molecular weight excluding hydrogens is 308 g/mol. The fourth-order valence-corrected chi connectivity index (χ4v) is 2.92. The lowest BCUT2D eigenvalue weighted by Crippen LogP contribution is -2.06. The predicted molar refractivity (Wildman–Crippen MR) is 77.1 cm³/mol. The number of esters is 1. The normalized spacial score (nSPS) is 15.7. The Hall–Kier alpha value is -0.870. The second-order valence-corrected chi connectivity index (χ2v) is 5.82. The smallest absolute Gasteiger partial charge is 0.337 e. The van der Waals surface area contributed by atoms with Crippen molar-refractivity contribution < 1.29 is 14.3 Å². The van der Waals surface area contributed by atoms with Crippen LogP contribution in [0.4, 0.5) is 0 Å². The molecule has 2 rings (SSSR count). The summed E-state index contributed by atoms with van der Waals surface area (Å²) in [5, 5.41) is 0.